The number of rotatable bonds is 5. The summed E-state index contributed by atoms with van der Waals surface area (Å²) in [4.78, 5) is 21.5. The van der Waals surface area contributed by atoms with Crippen molar-refractivity contribution in [3.8, 4) is 17.1 Å². The van der Waals surface area contributed by atoms with E-state index in [0.717, 1.165) is 23.2 Å². The number of aromatic nitrogens is 3. The average Bonchev–Trinajstić information content (AvgIpc) is 3.12. The molecule has 0 amide bonds. The molecule has 4 nitrogen and oxygen atoms in total. The second-order valence-electron chi connectivity index (χ2n) is 7.54. The van der Waals surface area contributed by atoms with Crippen LogP contribution in [0.2, 0.25) is 0 Å². The van der Waals surface area contributed by atoms with Crippen molar-refractivity contribution in [3.63, 3.8) is 0 Å². The van der Waals surface area contributed by atoms with Gasteiger partial charge in [-0.15, -0.1) is 0 Å². The number of nitrogens with zero attached hydrogens (tertiary/aromatic N) is 2. The number of imidazole rings is 1. The molecule has 6 heteroatoms. The van der Waals surface area contributed by atoms with E-state index < -0.39 is 24.2 Å². The maximum atomic E-state index is 13.4. The predicted octanol–water partition coefficient (Wildman–Crippen LogP) is 3.43. The van der Waals surface area contributed by atoms with Gasteiger partial charge in [0, 0.05) is 0 Å². The molecule has 31 heavy (non-hydrogen) atoms. The number of H-pyrrole nitrogens is 1. The molecule has 0 saturated heterocycles. The summed E-state index contributed by atoms with van der Waals surface area (Å²) in [6.07, 6.45) is 2.34. The average molecular weight is 508 g/mol. The number of hydrogen-bond donors (Lipinski definition) is 1. The summed E-state index contributed by atoms with van der Waals surface area (Å²) in [6, 6.07) is 26.5. The molecule has 0 radical (unpaired) electrons. The second-order valence-corrected chi connectivity index (χ2v) is 12.9. The number of aromatic amines is 1. The van der Waals surface area contributed by atoms with Crippen LogP contribution >= 0.6 is 0 Å². The number of benzene rings is 3. The van der Waals surface area contributed by atoms with Crippen LogP contribution in [0.4, 0.5) is 4.39 Å². The van der Waals surface area contributed by atoms with E-state index in [9.17, 15) is 9.18 Å². The number of hydrogen-bond acceptors (Lipinski definition) is 2. The predicted molar refractivity (Wildman–Crippen MR) is 116 cm³/mol. The zero-order valence-corrected chi connectivity index (χ0v) is 20.8. The van der Waals surface area contributed by atoms with Gasteiger partial charge in [-0.3, -0.25) is 0 Å². The van der Waals surface area contributed by atoms with Crippen molar-refractivity contribution >= 4 is 6.38 Å². The molecule has 0 aliphatic carbocycles. The van der Waals surface area contributed by atoms with Crippen molar-refractivity contribution in [1.82, 2.24) is 14.5 Å². The van der Waals surface area contributed by atoms with Crippen molar-refractivity contribution < 1.29 is 28.6 Å². The van der Waals surface area contributed by atoms with Crippen LogP contribution in [0.25, 0.3) is 17.1 Å². The molecule has 0 aromatic heterocycles. The Kier molecular flexibility index (Phi) is 5.50. The van der Waals surface area contributed by atoms with Gasteiger partial charge >= 0.3 is 192 Å². The van der Waals surface area contributed by atoms with E-state index in [4.69, 9.17) is 4.98 Å². The Labute approximate surface area is 191 Å². The fourth-order valence-corrected chi connectivity index (χ4v) is 8.25. The van der Waals surface area contributed by atoms with Crippen LogP contribution in [-0.2, 0) is 30.7 Å². The molecule has 2 aliphatic heterocycles. The summed E-state index contributed by atoms with van der Waals surface area (Å²) < 4.78 is 17.2. The summed E-state index contributed by atoms with van der Waals surface area (Å²) in [5.41, 5.74) is 3.39. The van der Waals surface area contributed by atoms with Crippen LogP contribution in [0.3, 0.4) is 0 Å². The van der Waals surface area contributed by atoms with Crippen molar-refractivity contribution in [2.45, 2.75) is 6.42 Å². The van der Waals surface area contributed by atoms with E-state index >= 15 is 0 Å². The molecule has 0 bridgehead atoms. The topological polar surface area (TPSA) is 50.7 Å². The molecule has 5 rings (SSSR count). The Hall–Kier alpha value is -3.07. The first kappa shape index (κ1) is 19.9. The second kappa shape index (κ2) is 8.58. The quantitative estimate of drug-likeness (QED) is 0.371. The van der Waals surface area contributed by atoms with Gasteiger partial charge in [0.1, 0.15) is 0 Å². The minimum atomic E-state index is -1.79. The molecule has 148 valence electrons. The first-order chi connectivity index (χ1) is 15.2. The van der Waals surface area contributed by atoms with Crippen LogP contribution in [-0.4, -0.2) is 14.5 Å². The van der Waals surface area contributed by atoms with Gasteiger partial charge in [-0.05, 0) is 0 Å². The Morgan fingerprint density at radius 2 is 1.58 bits per heavy atom. The van der Waals surface area contributed by atoms with Gasteiger partial charge < -0.3 is 0 Å². The van der Waals surface area contributed by atoms with E-state index in [-0.39, 0.29) is 11.4 Å². The molecule has 0 fully saturated rings. The zero-order valence-electron chi connectivity index (χ0n) is 16.8. The van der Waals surface area contributed by atoms with E-state index in [0.29, 0.717) is 17.9 Å². The third-order valence-electron chi connectivity index (χ3n) is 5.34. The molecule has 0 atom stereocenters. The Bertz CT molecular complexity index is 1350. The van der Waals surface area contributed by atoms with Gasteiger partial charge in [0.05, 0.1) is 0 Å². The first-order valence-electron chi connectivity index (χ1n) is 10.1. The summed E-state index contributed by atoms with van der Waals surface area (Å²) in [7, 11) is 0. The molecular weight excluding hydrogens is 490 g/mol. The van der Waals surface area contributed by atoms with Gasteiger partial charge in [0.25, 0.3) is 0 Å². The van der Waals surface area contributed by atoms with E-state index in [1.807, 2.05) is 79.0 Å². The van der Waals surface area contributed by atoms with Gasteiger partial charge in [-0.2, -0.15) is 0 Å². The van der Waals surface area contributed by atoms with Crippen LogP contribution in [0.1, 0.15) is 11.3 Å². The van der Waals surface area contributed by atoms with Gasteiger partial charge in [-0.1, -0.05) is 0 Å². The maximum absolute atomic E-state index is 13.4. The Morgan fingerprint density at radius 3 is 2.29 bits per heavy atom. The molecule has 2 aliphatic rings. The minimum absolute atomic E-state index is 0.0864. The monoisotopic (exact) mass is 509 g/mol. The first-order valence-corrected chi connectivity index (χ1v) is 14.2. The van der Waals surface area contributed by atoms with Crippen molar-refractivity contribution in [2.24, 2.45) is 0 Å². The van der Waals surface area contributed by atoms with Crippen LogP contribution < -0.4 is 11.9 Å². The summed E-state index contributed by atoms with van der Waals surface area (Å²) in [5.74, 6) is 0.450. The Morgan fingerprint density at radius 1 is 0.903 bits per heavy atom. The van der Waals surface area contributed by atoms with Crippen molar-refractivity contribution in [1.29, 1.82) is 0 Å². The van der Waals surface area contributed by atoms with E-state index in [1.54, 1.807) is 4.57 Å². The summed E-state index contributed by atoms with van der Waals surface area (Å²) in [6.45, 7) is 0. The standard InChI is InChI=1S/C19H14N3O.C6H4F.Cd/c23-19-16(11-14-7-3-1-4-8-14)21-18-12-20-17(13-22(18)19)15-9-5-2-6-10-15;7-6-4-2-1-3-5-6;/h1-10,13,20H,11H2;2-5H;. The van der Waals surface area contributed by atoms with Crippen molar-refractivity contribution in [3.05, 3.63) is 119 Å². The molecule has 0 saturated carbocycles. The molecule has 3 aromatic carbocycles. The normalized spacial score (nSPS) is 10.9. The van der Waals surface area contributed by atoms with Gasteiger partial charge in [0.2, 0.25) is 0 Å². The number of fused-ring (bicyclic) bond motifs is 1. The van der Waals surface area contributed by atoms with Crippen LogP contribution in [0, 0.1) is 5.82 Å². The fraction of sp³-hybridized carbons (Fsp3) is 0.0400. The van der Waals surface area contributed by atoms with E-state index in [1.165, 1.54) is 12.1 Å². The molecule has 0 spiro atoms. The molecule has 2 heterocycles. The van der Waals surface area contributed by atoms with Gasteiger partial charge in [0.15, 0.2) is 0 Å². The molecule has 1 N–H and O–H groups in total. The Balaban J connectivity index is 1.64. The molecule has 0 unspecified atom stereocenters. The zero-order chi connectivity index (χ0) is 21.2. The fourth-order valence-electron chi connectivity index (χ4n) is 3.78. The number of halogens is 1. The van der Waals surface area contributed by atoms with Crippen molar-refractivity contribution in [2.75, 3.05) is 0 Å². The number of nitrogens with one attached hydrogen (secondary N) is 1. The summed E-state index contributed by atoms with van der Waals surface area (Å²) in [5, 5.41) is 0. The van der Waals surface area contributed by atoms with E-state index in [2.05, 4.69) is 4.98 Å². The summed E-state index contributed by atoms with van der Waals surface area (Å²) >= 11 is -1.79. The third-order valence-corrected chi connectivity index (χ3v) is 10.3. The third kappa shape index (κ3) is 4.23. The van der Waals surface area contributed by atoms with Crippen LogP contribution in [0.15, 0.2) is 95.9 Å². The van der Waals surface area contributed by atoms with Crippen LogP contribution in [0.5, 0.6) is 0 Å². The molecule has 3 aromatic rings. The SMILES string of the molecule is O=c1c(Cc2ccccc2)nc2[c]([Cd][c]3ccc(F)cc3)[nH]c(-c3ccccc3)cn1-2. The molecular formula is C25H18CdFN3O. The van der Waals surface area contributed by atoms with Gasteiger partial charge in [-0.25, -0.2) is 0 Å².